The topological polar surface area (TPSA) is 177 Å². The molecule has 2 unspecified atom stereocenters. The maximum absolute atomic E-state index is 13.9. The van der Waals surface area contributed by atoms with Crippen LogP contribution < -0.4 is 26.0 Å². The van der Waals surface area contributed by atoms with Gasteiger partial charge in [0.05, 0.1) is 23.5 Å². The summed E-state index contributed by atoms with van der Waals surface area (Å²) in [5, 5.41) is 18.4. The molecule has 54 heavy (non-hydrogen) atoms. The Morgan fingerprint density at radius 1 is 1.00 bits per heavy atom. The molecule has 288 valence electrons. The molecule has 2 aliphatic carbocycles. The van der Waals surface area contributed by atoms with E-state index in [0.29, 0.717) is 28.4 Å². The van der Waals surface area contributed by atoms with Crippen LogP contribution in [0.25, 0.3) is 11.1 Å². The van der Waals surface area contributed by atoms with Crippen LogP contribution in [0.2, 0.25) is 0 Å². The molecule has 3 aromatic rings. The minimum atomic E-state index is -5.01. The molecule has 3 amide bonds. The van der Waals surface area contributed by atoms with Gasteiger partial charge in [0, 0.05) is 18.2 Å². The molecular weight excluding hydrogens is 762 g/mol. The molecule has 1 fully saturated rings. The Morgan fingerprint density at radius 3 is 2.28 bits per heavy atom. The van der Waals surface area contributed by atoms with Crippen LogP contribution in [0.3, 0.4) is 0 Å². The number of hydrogen-bond donors (Lipinski definition) is 4. The Bertz CT molecular complexity index is 2100. The van der Waals surface area contributed by atoms with E-state index in [4.69, 9.17) is 9.47 Å². The Morgan fingerprint density at radius 2 is 1.67 bits per heavy atom. The Balaban J connectivity index is 1.34. The van der Waals surface area contributed by atoms with E-state index in [1.165, 1.54) is 19.2 Å². The zero-order chi connectivity index (χ0) is 39.7. The molecule has 17 heteroatoms. The molecule has 5 rings (SSSR count). The number of carboxylic acids is 1. The van der Waals surface area contributed by atoms with Crippen molar-refractivity contribution in [1.82, 2.24) is 10.6 Å². The number of hydrogen-bond acceptors (Lipinski definition) is 8. The highest BCUT2D eigenvalue weighted by atomic mass is 32.2. The Hall–Kier alpha value is -4.45. The number of methoxy groups -OCH3 is 1. The van der Waals surface area contributed by atoms with E-state index >= 15 is 0 Å². The molecule has 0 aromatic heterocycles. The van der Waals surface area contributed by atoms with Crippen LogP contribution in [0.5, 0.6) is 5.75 Å². The van der Waals surface area contributed by atoms with Gasteiger partial charge in [-0.2, -0.15) is 8.78 Å². The third kappa shape index (κ3) is 9.08. The standard InChI is InChI=1S/C37H41F2N3O9P2S/c1-36(2,3)51-35(47)41-27(34(45)46)14-19-8-10-20(11-9-19)25-17-26(28(50-4)18-29(25)52)32(43)42-31-22-13-12-21(15-22)30(31)33(44)40-23-6-5-7-24(16-23)54(48,49)37(38,39)53/h5-13,16-18,21-22,27,30-31H,14-15,52-53H2,1-4H3,(H,40,44)(H,41,47)(H,42,43)(H,45,46)/t21-,22-,27-,30-,31+/m0/s1. The minimum absolute atomic E-state index is 0.00995. The number of rotatable bonds is 12. The van der Waals surface area contributed by atoms with E-state index in [-0.39, 0.29) is 35.3 Å². The van der Waals surface area contributed by atoms with Gasteiger partial charge in [0.2, 0.25) is 15.7 Å². The van der Waals surface area contributed by atoms with Crippen molar-refractivity contribution in [2.24, 2.45) is 17.8 Å². The summed E-state index contributed by atoms with van der Waals surface area (Å²) in [7, 11) is 0.0157. The smallest absolute Gasteiger partial charge is 0.408 e. The van der Waals surface area contributed by atoms with Crippen molar-refractivity contribution in [2.45, 2.75) is 61.2 Å². The van der Waals surface area contributed by atoms with E-state index in [0.717, 1.165) is 21.4 Å². The van der Waals surface area contributed by atoms with Crippen LogP contribution in [-0.2, 0) is 30.6 Å². The maximum atomic E-state index is 13.9. The molecule has 4 N–H and O–H groups in total. The largest absolute Gasteiger partial charge is 0.496 e. The number of halogens is 2. The Labute approximate surface area is 316 Å². The SMILES string of the molecule is COc1cc(P)c(-c2ccc(C[C@H](NC(=O)OC(C)(C)C)C(=O)O)cc2)cc1C(=O)N[C@H]1[C@@H](C(=O)Nc2cccc(S(=O)(=O)C(F)(F)P)c2)[C@H]2C=C[C@H]1C2. The first-order valence-electron chi connectivity index (χ1n) is 16.8. The summed E-state index contributed by atoms with van der Waals surface area (Å²) < 4.78 is 62.9. The Kier molecular flexibility index (Phi) is 11.9. The molecule has 2 bridgehead atoms. The van der Waals surface area contributed by atoms with Gasteiger partial charge in [-0.1, -0.05) is 42.5 Å². The first-order chi connectivity index (χ1) is 25.2. The van der Waals surface area contributed by atoms with Crippen LogP contribution in [0.4, 0.5) is 19.3 Å². The number of aliphatic carboxylic acids is 1. The predicted molar refractivity (Wildman–Crippen MR) is 205 cm³/mol. The number of allylic oxidation sites excluding steroid dienone is 1. The zero-order valence-electron chi connectivity index (χ0n) is 29.8. The van der Waals surface area contributed by atoms with Crippen LogP contribution >= 0.6 is 18.5 Å². The van der Waals surface area contributed by atoms with E-state index in [1.807, 2.05) is 12.2 Å². The van der Waals surface area contributed by atoms with E-state index in [1.54, 1.807) is 57.2 Å². The van der Waals surface area contributed by atoms with Crippen molar-refractivity contribution >= 4 is 63.2 Å². The van der Waals surface area contributed by atoms with Crippen LogP contribution in [0.15, 0.2) is 77.7 Å². The number of sulfone groups is 1. The summed E-state index contributed by atoms with van der Waals surface area (Å²) in [6.07, 6.45) is 3.56. The molecule has 7 atom stereocenters. The van der Waals surface area contributed by atoms with Gasteiger partial charge in [-0.15, -0.1) is 9.24 Å². The molecule has 12 nitrogen and oxygen atoms in total. The molecule has 3 aromatic carbocycles. The van der Waals surface area contributed by atoms with Gasteiger partial charge in [0.15, 0.2) is 0 Å². The summed E-state index contributed by atoms with van der Waals surface area (Å²) in [6.45, 7) is 5.01. The van der Waals surface area contributed by atoms with Crippen molar-refractivity contribution in [1.29, 1.82) is 0 Å². The lowest BCUT2D eigenvalue weighted by molar-refractivity contribution is -0.139. The van der Waals surface area contributed by atoms with Gasteiger partial charge < -0.3 is 30.5 Å². The highest BCUT2D eigenvalue weighted by molar-refractivity contribution is 7.96. The number of carbonyl (C=O) groups is 4. The average Bonchev–Trinajstić information content (AvgIpc) is 3.69. The van der Waals surface area contributed by atoms with Crippen molar-refractivity contribution in [3.63, 3.8) is 0 Å². The van der Waals surface area contributed by atoms with Crippen molar-refractivity contribution < 1.29 is 51.0 Å². The number of nitrogens with one attached hydrogen (secondary N) is 3. The van der Waals surface area contributed by atoms with Crippen LogP contribution in [0, 0.1) is 17.8 Å². The summed E-state index contributed by atoms with van der Waals surface area (Å²) in [4.78, 5) is 46.9. The molecule has 1 saturated carbocycles. The van der Waals surface area contributed by atoms with Gasteiger partial charge in [-0.25, -0.2) is 18.0 Å². The fourth-order valence-electron chi connectivity index (χ4n) is 6.63. The third-order valence-electron chi connectivity index (χ3n) is 9.14. The first-order valence-corrected chi connectivity index (χ1v) is 19.4. The fraction of sp³-hybridized carbons (Fsp3) is 0.351. The summed E-state index contributed by atoms with van der Waals surface area (Å²) >= 11 is 0. The number of alkyl halides is 2. The van der Waals surface area contributed by atoms with Gasteiger partial charge in [-0.05, 0) is 101 Å². The number of ether oxygens (including phenoxy) is 2. The van der Waals surface area contributed by atoms with Crippen molar-refractivity contribution in [3.05, 3.63) is 83.9 Å². The van der Waals surface area contributed by atoms with E-state index in [9.17, 15) is 41.5 Å². The van der Waals surface area contributed by atoms with E-state index < -0.39 is 67.2 Å². The first kappa shape index (κ1) is 40.7. The van der Waals surface area contributed by atoms with Gasteiger partial charge >= 0.3 is 17.1 Å². The normalized spacial score (nSPS) is 19.9. The molecule has 0 spiro atoms. The second kappa shape index (κ2) is 15.7. The quantitative estimate of drug-likeness (QED) is 0.143. The zero-order valence-corrected chi connectivity index (χ0v) is 32.9. The highest BCUT2D eigenvalue weighted by Crippen LogP contribution is 2.45. The molecule has 0 saturated heterocycles. The number of benzene rings is 3. The lowest BCUT2D eigenvalue weighted by Crippen LogP contribution is -2.47. The lowest BCUT2D eigenvalue weighted by Gasteiger charge is -2.28. The number of carbonyl (C=O) groups excluding carboxylic acids is 3. The highest BCUT2D eigenvalue weighted by Gasteiger charge is 2.49. The van der Waals surface area contributed by atoms with Crippen molar-refractivity contribution in [3.8, 4) is 16.9 Å². The average molecular weight is 804 g/mol. The van der Waals surface area contributed by atoms with Gasteiger partial charge in [0.25, 0.3) is 5.91 Å². The molecule has 0 aliphatic heterocycles. The lowest BCUT2D eigenvalue weighted by atomic mass is 9.87. The molecule has 0 radical (unpaired) electrons. The number of carboxylic acid groups (broad SMARTS) is 1. The number of fused-ring (bicyclic) bond motifs is 2. The van der Waals surface area contributed by atoms with Crippen LogP contribution in [0.1, 0.15) is 43.1 Å². The van der Waals surface area contributed by atoms with Crippen LogP contribution in [-0.4, -0.2) is 67.2 Å². The molecular formula is C37H41F2N3O9P2S. The minimum Gasteiger partial charge on any atom is -0.496 e. The number of alkyl carbamates (subject to hydrolysis) is 1. The van der Waals surface area contributed by atoms with Crippen molar-refractivity contribution in [2.75, 3.05) is 12.4 Å². The summed E-state index contributed by atoms with van der Waals surface area (Å²) in [6, 6.07) is 13.1. The summed E-state index contributed by atoms with van der Waals surface area (Å²) in [5.41, 5.74) is 1.40. The molecule has 0 heterocycles. The number of anilines is 1. The van der Waals surface area contributed by atoms with Gasteiger partial charge in [0.1, 0.15) is 17.4 Å². The molecule has 2 aliphatic rings. The van der Waals surface area contributed by atoms with Gasteiger partial charge in [-0.3, -0.25) is 9.59 Å². The fourth-order valence-corrected chi connectivity index (χ4v) is 8.29. The second-order valence-corrected chi connectivity index (χ2v) is 17.9. The van der Waals surface area contributed by atoms with E-state index in [2.05, 4.69) is 25.2 Å². The predicted octanol–water partition coefficient (Wildman–Crippen LogP) is 5.14. The second-order valence-electron chi connectivity index (χ2n) is 14.1. The summed E-state index contributed by atoms with van der Waals surface area (Å²) in [5.74, 6) is -3.11. The maximum Gasteiger partial charge on any atom is 0.408 e. The third-order valence-corrected chi connectivity index (χ3v) is 12.1. The monoisotopic (exact) mass is 803 g/mol. The number of amides is 3.